The molecule has 1 heteroatoms. The van der Waals surface area contributed by atoms with Gasteiger partial charge in [0.2, 0.25) is 0 Å². The predicted molar refractivity (Wildman–Crippen MR) is 59.5 cm³/mol. The third-order valence-electron chi connectivity index (χ3n) is 2.60. The van der Waals surface area contributed by atoms with E-state index in [1.165, 1.54) is 16.7 Å². The van der Waals surface area contributed by atoms with Crippen molar-refractivity contribution in [3.63, 3.8) is 0 Å². The summed E-state index contributed by atoms with van der Waals surface area (Å²) in [6.07, 6.45) is 4.18. The van der Waals surface area contributed by atoms with Gasteiger partial charge in [0.1, 0.15) is 0 Å². The van der Waals surface area contributed by atoms with E-state index >= 15 is 0 Å². The summed E-state index contributed by atoms with van der Waals surface area (Å²) in [6.45, 7) is 5.28. The summed E-state index contributed by atoms with van der Waals surface area (Å²) in [5.41, 5.74) is 4.10. The van der Waals surface area contributed by atoms with Gasteiger partial charge in [0.15, 0.2) is 0 Å². The molecule has 1 aromatic heterocycles. The van der Waals surface area contributed by atoms with Gasteiger partial charge in [-0.2, -0.15) is 0 Å². The summed E-state index contributed by atoms with van der Waals surface area (Å²) in [5, 5.41) is 0. The molecule has 0 amide bonds. The van der Waals surface area contributed by atoms with Crippen molar-refractivity contribution >= 4 is 0 Å². The first kappa shape index (κ1) is 9.07. The van der Waals surface area contributed by atoms with E-state index in [-0.39, 0.29) is 0 Å². The Kier molecular flexibility index (Phi) is 2.40. The number of nitrogens with zero attached hydrogens (tertiary/aromatic N) is 1. The Labute approximate surface area is 85.0 Å². The van der Waals surface area contributed by atoms with Crippen LogP contribution in [0.3, 0.4) is 0 Å². The number of hydrogen-bond acceptors (Lipinski definition) is 0. The molecule has 72 valence electrons. The molecule has 1 nitrogen and oxygen atoms in total. The average Bonchev–Trinajstić information content (AvgIpc) is 2.64. The van der Waals surface area contributed by atoms with Crippen LogP contribution in [0.2, 0.25) is 0 Å². The van der Waals surface area contributed by atoms with E-state index in [1.54, 1.807) is 0 Å². The Balaban J connectivity index is 2.22. The Bertz CT molecular complexity index is 413. The van der Waals surface area contributed by atoms with E-state index in [2.05, 4.69) is 61.1 Å². The monoisotopic (exact) mass is 185 g/mol. The quantitative estimate of drug-likeness (QED) is 0.677. The zero-order valence-corrected chi connectivity index (χ0v) is 8.70. The molecule has 0 aliphatic carbocycles. The van der Waals surface area contributed by atoms with Crippen molar-refractivity contribution in [2.45, 2.75) is 20.4 Å². The molecule has 0 aliphatic heterocycles. The zero-order chi connectivity index (χ0) is 9.97. The Hall–Kier alpha value is -1.50. The maximum absolute atomic E-state index is 2.26. The molecule has 0 N–H and O–H groups in total. The van der Waals surface area contributed by atoms with Gasteiger partial charge >= 0.3 is 0 Å². The van der Waals surface area contributed by atoms with Crippen LogP contribution in [-0.4, -0.2) is 4.57 Å². The Morgan fingerprint density at radius 1 is 1.00 bits per heavy atom. The molecule has 0 atom stereocenters. The van der Waals surface area contributed by atoms with Crippen LogP contribution >= 0.6 is 0 Å². The normalized spacial score (nSPS) is 10.4. The summed E-state index contributed by atoms with van der Waals surface area (Å²) in [4.78, 5) is 0. The highest BCUT2D eigenvalue weighted by Gasteiger charge is 1.96. The lowest BCUT2D eigenvalue weighted by atomic mass is 10.1. The lowest BCUT2D eigenvalue weighted by molar-refractivity contribution is 0.805. The van der Waals surface area contributed by atoms with Gasteiger partial charge in [0, 0.05) is 18.9 Å². The second-order valence-electron chi connectivity index (χ2n) is 3.77. The second kappa shape index (κ2) is 3.70. The number of aromatic nitrogens is 1. The molecule has 0 bridgehead atoms. The minimum atomic E-state index is 0.966. The summed E-state index contributed by atoms with van der Waals surface area (Å²) >= 11 is 0. The highest BCUT2D eigenvalue weighted by molar-refractivity contribution is 5.30. The lowest BCUT2D eigenvalue weighted by Crippen LogP contribution is -1.96. The van der Waals surface area contributed by atoms with Crippen LogP contribution < -0.4 is 0 Å². The van der Waals surface area contributed by atoms with E-state index in [0.717, 1.165) is 6.54 Å². The van der Waals surface area contributed by atoms with E-state index in [1.807, 2.05) is 0 Å². The fraction of sp³-hybridized carbons (Fsp3) is 0.231. The summed E-state index contributed by atoms with van der Waals surface area (Å²) in [7, 11) is 0. The van der Waals surface area contributed by atoms with Crippen molar-refractivity contribution in [2.75, 3.05) is 0 Å². The molecule has 0 saturated carbocycles. The van der Waals surface area contributed by atoms with Gasteiger partial charge in [-0.3, -0.25) is 0 Å². The van der Waals surface area contributed by atoms with Gasteiger partial charge in [0.25, 0.3) is 0 Å². The Morgan fingerprint density at radius 2 is 1.71 bits per heavy atom. The lowest BCUT2D eigenvalue weighted by Gasteiger charge is -2.06. The minimum Gasteiger partial charge on any atom is -0.350 e. The van der Waals surface area contributed by atoms with Gasteiger partial charge in [-0.15, -0.1) is 0 Å². The standard InChI is InChI=1S/C13H15N/c1-11-5-6-13(9-12(11)2)10-14-7-3-4-8-14/h3-9H,10H2,1-2H3. The van der Waals surface area contributed by atoms with Crippen molar-refractivity contribution in [3.05, 3.63) is 59.4 Å². The van der Waals surface area contributed by atoms with Crippen LogP contribution in [0.15, 0.2) is 42.7 Å². The third kappa shape index (κ3) is 1.87. The summed E-state index contributed by atoms with van der Waals surface area (Å²) < 4.78 is 2.18. The van der Waals surface area contributed by atoms with Crippen molar-refractivity contribution < 1.29 is 0 Å². The maximum Gasteiger partial charge on any atom is 0.0470 e. The third-order valence-corrected chi connectivity index (χ3v) is 2.60. The number of rotatable bonds is 2. The molecule has 0 fully saturated rings. The second-order valence-corrected chi connectivity index (χ2v) is 3.77. The van der Waals surface area contributed by atoms with Crippen LogP contribution in [0.4, 0.5) is 0 Å². The molecular formula is C13H15N. The zero-order valence-electron chi connectivity index (χ0n) is 8.70. The summed E-state index contributed by atoms with van der Waals surface area (Å²) in [5.74, 6) is 0. The first-order valence-electron chi connectivity index (χ1n) is 4.92. The van der Waals surface area contributed by atoms with Crippen LogP contribution in [0.1, 0.15) is 16.7 Å². The fourth-order valence-electron chi connectivity index (χ4n) is 1.59. The number of benzene rings is 1. The Morgan fingerprint density at radius 3 is 2.36 bits per heavy atom. The van der Waals surface area contributed by atoms with Gasteiger partial charge in [-0.25, -0.2) is 0 Å². The van der Waals surface area contributed by atoms with Crippen molar-refractivity contribution in [1.29, 1.82) is 0 Å². The highest BCUT2D eigenvalue weighted by Crippen LogP contribution is 2.11. The van der Waals surface area contributed by atoms with Crippen LogP contribution in [-0.2, 0) is 6.54 Å². The van der Waals surface area contributed by atoms with Gasteiger partial charge in [-0.05, 0) is 42.7 Å². The average molecular weight is 185 g/mol. The molecule has 0 spiro atoms. The van der Waals surface area contributed by atoms with E-state index in [4.69, 9.17) is 0 Å². The molecule has 1 heterocycles. The maximum atomic E-state index is 2.26. The largest absolute Gasteiger partial charge is 0.350 e. The van der Waals surface area contributed by atoms with E-state index in [0.29, 0.717) is 0 Å². The molecule has 0 aliphatic rings. The van der Waals surface area contributed by atoms with E-state index < -0.39 is 0 Å². The number of hydrogen-bond donors (Lipinski definition) is 0. The number of aryl methyl sites for hydroxylation is 2. The minimum absolute atomic E-state index is 0.966. The van der Waals surface area contributed by atoms with Gasteiger partial charge in [0.05, 0.1) is 0 Å². The molecule has 0 unspecified atom stereocenters. The molecule has 1 aromatic carbocycles. The topological polar surface area (TPSA) is 4.93 Å². The van der Waals surface area contributed by atoms with Crippen LogP contribution in [0.5, 0.6) is 0 Å². The fourth-order valence-corrected chi connectivity index (χ4v) is 1.59. The van der Waals surface area contributed by atoms with Crippen molar-refractivity contribution in [3.8, 4) is 0 Å². The van der Waals surface area contributed by atoms with Gasteiger partial charge < -0.3 is 4.57 Å². The predicted octanol–water partition coefficient (Wildman–Crippen LogP) is 3.15. The van der Waals surface area contributed by atoms with E-state index in [9.17, 15) is 0 Å². The summed E-state index contributed by atoms with van der Waals surface area (Å²) in [6, 6.07) is 10.8. The molecular weight excluding hydrogens is 170 g/mol. The van der Waals surface area contributed by atoms with Crippen molar-refractivity contribution in [2.24, 2.45) is 0 Å². The molecule has 14 heavy (non-hydrogen) atoms. The van der Waals surface area contributed by atoms with Crippen molar-refractivity contribution in [1.82, 2.24) is 4.57 Å². The van der Waals surface area contributed by atoms with Crippen LogP contribution in [0, 0.1) is 13.8 Å². The first-order valence-corrected chi connectivity index (χ1v) is 4.92. The molecule has 0 radical (unpaired) electrons. The van der Waals surface area contributed by atoms with Gasteiger partial charge in [-0.1, -0.05) is 18.2 Å². The molecule has 2 rings (SSSR count). The first-order chi connectivity index (χ1) is 6.75. The SMILES string of the molecule is Cc1ccc(Cn2cccc2)cc1C. The highest BCUT2D eigenvalue weighted by atomic mass is 14.9. The smallest absolute Gasteiger partial charge is 0.0470 e. The molecule has 2 aromatic rings. The molecule has 0 saturated heterocycles. The van der Waals surface area contributed by atoms with Crippen LogP contribution in [0.25, 0.3) is 0 Å².